The molecule has 5 rings (SSSR count). The molecule has 4 saturated carbocycles. The monoisotopic (exact) mass is 290 g/mol. The molecule has 0 atom stereocenters. The van der Waals surface area contributed by atoms with E-state index in [0.29, 0.717) is 0 Å². The summed E-state index contributed by atoms with van der Waals surface area (Å²) < 4.78 is 0. The Kier molecular flexibility index (Phi) is 2.66. The Balaban J connectivity index is 1.65. The summed E-state index contributed by atoms with van der Waals surface area (Å²) in [6.07, 6.45) is 9.03. The maximum Gasteiger partial charge on any atom is 0.0908 e. The molecule has 4 heteroatoms. The van der Waals surface area contributed by atoms with Gasteiger partial charge in [0, 0.05) is 22.8 Å². The average Bonchev–Trinajstić information content (AvgIpc) is 3.31. The SMILES string of the molecule is c1c(N=C2CC2)c(N=C2CC2)cc(N=C2CC2)c1N=C1CC1. The van der Waals surface area contributed by atoms with Gasteiger partial charge in [-0.15, -0.1) is 0 Å². The lowest BCUT2D eigenvalue weighted by molar-refractivity contribution is 1.39. The van der Waals surface area contributed by atoms with Crippen molar-refractivity contribution in [3.05, 3.63) is 12.1 Å². The first-order valence-corrected chi connectivity index (χ1v) is 8.27. The van der Waals surface area contributed by atoms with Crippen molar-refractivity contribution in [1.29, 1.82) is 0 Å². The first-order valence-electron chi connectivity index (χ1n) is 8.27. The van der Waals surface area contributed by atoms with Gasteiger partial charge in [0.2, 0.25) is 0 Å². The molecule has 0 unspecified atom stereocenters. The Morgan fingerprint density at radius 2 is 0.636 bits per heavy atom. The molecule has 4 aliphatic carbocycles. The quantitative estimate of drug-likeness (QED) is 0.736. The lowest BCUT2D eigenvalue weighted by Crippen LogP contribution is -1.78. The van der Waals surface area contributed by atoms with E-state index in [-0.39, 0.29) is 0 Å². The van der Waals surface area contributed by atoms with Crippen LogP contribution >= 0.6 is 0 Å². The largest absolute Gasteiger partial charge is 0.255 e. The lowest BCUT2D eigenvalue weighted by Gasteiger charge is -2.06. The van der Waals surface area contributed by atoms with Crippen LogP contribution in [-0.2, 0) is 0 Å². The predicted octanol–water partition coefficient (Wildman–Crippen LogP) is 5.15. The molecule has 0 bridgehead atoms. The molecule has 0 aliphatic heterocycles. The van der Waals surface area contributed by atoms with Crippen LogP contribution in [0.1, 0.15) is 51.4 Å². The van der Waals surface area contributed by atoms with Crippen LogP contribution < -0.4 is 0 Å². The minimum Gasteiger partial charge on any atom is -0.255 e. The number of hydrogen-bond donors (Lipinski definition) is 0. The molecule has 4 aliphatic rings. The highest BCUT2D eigenvalue weighted by atomic mass is 14.9. The van der Waals surface area contributed by atoms with Gasteiger partial charge in [-0.2, -0.15) is 0 Å². The van der Waals surface area contributed by atoms with Gasteiger partial charge in [-0.05, 0) is 63.5 Å². The first kappa shape index (κ1) is 12.4. The maximum absolute atomic E-state index is 4.77. The minimum atomic E-state index is 0.978. The molecular weight excluding hydrogens is 272 g/mol. The summed E-state index contributed by atoms with van der Waals surface area (Å²) in [7, 11) is 0. The van der Waals surface area contributed by atoms with Gasteiger partial charge in [-0.25, -0.2) is 0 Å². The predicted molar refractivity (Wildman–Crippen MR) is 91.8 cm³/mol. The Morgan fingerprint density at radius 1 is 0.409 bits per heavy atom. The summed E-state index contributed by atoms with van der Waals surface area (Å²) in [6, 6.07) is 4.19. The highest BCUT2D eigenvalue weighted by Crippen LogP contribution is 2.44. The fraction of sp³-hybridized carbons (Fsp3) is 0.444. The van der Waals surface area contributed by atoms with E-state index in [1.54, 1.807) is 0 Å². The third kappa shape index (κ3) is 2.91. The van der Waals surface area contributed by atoms with E-state index >= 15 is 0 Å². The molecule has 0 N–H and O–H groups in total. The average molecular weight is 290 g/mol. The molecule has 0 heterocycles. The summed E-state index contributed by atoms with van der Waals surface area (Å²) in [5.41, 5.74) is 9.04. The van der Waals surface area contributed by atoms with E-state index in [0.717, 1.165) is 74.1 Å². The van der Waals surface area contributed by atoms with Crippen LogP contribution in [0.5, 0.6) is 0 Å². The minimum absolute atomic E-state index is 0.978. The van der Waals surface area contributed by atoms with Crippen molar-refractivity contribution in [3.63, 3.8) is 0 Å². The van der Waals surface area contributed by atoms with Crippen molar-refractivity contribution in [2.45, 2.75) is 51.4 Å². The Hall–Kier alpha value is -2.10. The molecule has 0 spiro atoms. The smallest absolute Gasteiger partial charge is 0.0908 e. The molecular formula is C18H18N4. The Labute approximate surface area is 129 Å². The number of aliphatic imine (C=N–C) groups is 4. The van der Waals surface area contributed by atoms with Crippen molar-refractivity contribution in [3.8, 4) is 0 Å². The fourth-order valence-corrected chi connectivity index (χ4v) is 2.27. The van der Waals surface area contributed by atoms with Crippen LogP contribution in [0, 0.1) is 0 Å². The van der Waals surface area contributed by atoms with E-state index in [1.165, 1.54) is 22.8 Å². The van der Waals surface area contributed by atoms with Crippen LogP contribution in [0.3, 0.4) is 0 Å². The van der Waals surface area contributed by atoms with Gasteiger partial charge in [0.25, 0.3) is 0 Å². The van der Waals surface area contributed by atoms with E-state index < -0.39 is 0 Å². The number of hydrogen-bond acceptors (Lipinski definition) is 4. The Morgan fingerprint density at radius 3 is 0.818 bits per heavy atom. The molecule has 110 valence electrons. The summed E-state index contributed by atoms with van der Waals surface area (Å²) in [6.45, 7) is 0. The van der Waals surface area contributed by atoms with Gasteiger partial charge in [-0.3, -0.25) is 20.0 Å². The standard InChI is InChI=1S/C18H18N4/c1-2-11(1)19-15-9-17(21-13-5-6-13)18(22-14-7-8-14)10-16(15)20-12-3-4-12/h9-10H,1-8H2. The van der Waals surface area contributed by atoms with Gasteiger partial charge >= 0.3 is 0 Å². The van der Waals surface area contributed by atoms with Gasteiger partial charge < -0.3 is 0 Å². The lowest BCUT2D eigenvalue weighted by atomic mass is 10.2. The zero-order valence-corrected chi connectivity index (χ0v) is 12.6. The van der Waals surface area contributed by atoms with Gasteiger partial charge in [-0.1, -0.05) is 0 Å². The van der Waals surface area contributed by atoms with Crippen LogP contribution in [0.4, 0.5) is 22.7 Å². The summed E-state index contributed by atoms with van der Waals surface area (Å²) in [4.78, 5) is 19.1. The second kappa shape index (κ2) is 4.70. The van der Waals surface area contributed by atoms with E-state index in [1.807, 2.05) is 0 Å². The van der Waals surface area contributed by atoms with Crippen molar-refractivity contribution in [1.82, 2.24) is 0 Å². The third-order valence-electron chi connectivity index (χ3n) is 4.08. The molecule has 0 radical (unpaired) electrons. The summed E-state index contributed by atoms with van der Waals surface area (Å²) in [5.74, 6) is 0. The topological polar surface area (TPSA) is 49.4 Å². The number of nitrogens with zero attached hydrogens (tertiary/aromatic N) is 4. The highest BCUT2D eigenvalue weighted by Gasteiger charge is 2.21. The molecule has 4 fully saturated rings. The fourth-order valence-electron chi connectivity index (χ4n) is 2.27. The molecule has 1 aromatic carbocycles. The first-order chi connectivity index (χ1) is 10.8. The van der Waals surface area contributed by atoms with Crippen LogP contribution in [0.2, 0.25) is 0 Å². The van der Waals surface area contributed by atoms with Crippen molar-refractivity contribution in [2.24, 2.45) is 20.0 Å². The molecule has 0 amide bonds. The zero-order valence-electron chi connectivity index (χ0n) is 12.6. The van der Waals surface area contributed by atoms with Crippen LogP contribution in [-0.4, -0.2) is 22.8 Å². The van der Waals surface area contributed by atoms with E-state index in [4.69, 9.17) is 20.0 Å². The second-order valence-corrected chi connectivity index (χ2v) is 6.54. The molecule has 4 nitrogen and oxygen atoms in total. The van der Waals surface area contributed by atoms with Gasteiger partial charge in [0.15, 0.2) is 0 Å². The molecule has 22 heavy (non-hydrogen) atoms. The van der Waals surface area contributed by atoms with Gasteiger partial charge in [0.05, 0.1) is 22.7 Å². The summed E-state index contributed by atoms with van der Waals surface area (Å²) in [5, 5.41) is 0. The third-order valence-corrected chi connectivity index (χ3v) is 4.08. The molecule has 0 saturated heterocycles. The zero-order chi connectivity index (χ0) is 14.5. The normalized spacial score (nSPS) is 20.7. The van der Waals surface area contributed by atoms with E-state index in [2.05, 4.69) is 12.1 Å². The van der Waals surface area contributed by atoms with Crippen molar-refractivity contribution >= 4 is 45.6 Å². The van der Waals surface area contributed by atoms with Gasteiger partial charge in [0.1, 0.15) is 0 Å². The Bertz CT molecular complexity index is 641. The van der Waals surface area contributed by atoms with Crippen molar-refractivity contribution < 1.29 is 0 Å². The van der Waals surface area contributed by atoms with Crippen molar-refractivity contribution in [2.75, 3.05) is 0 Å². The second-order valence-electron chi connectivity index (χ2n) is 6.54. The molecule has 1 aromatic rings. The van der Waals surface area contributed by atoms with Crippen LogP contribution in [0.25, 0.3) is 0 Å². The molecule has 0 aromatic heterocycles. The van der Waals surface area contributed by atoms with E-state index in [9.17, 15) is 0 Å². The van der Waals surface area contributed by atoms with Crippen LogP contribution in [0.15, 0.2) is 32.1 Å². The summed E-state index contributed by atoms with van der Waals surface area (Å²) >= 11 is 0. The number of rotatable bonds is 4. The highest BCUT2D eigenvalue weighted by molar-refractivity contribution is 6.05. The number of benzene rings is 1. The maximum atomic E-state index is 4.77.